The van der Waals surface area contributed by atoms with E-state index < -0.39 is 0 Å². The van der Waals surface area contributed by atoms with Gasteiger partial charge in [-0.05, 0) is 19.1 Å². The van der Waals surface area contributed by atoms with E-state index in [2.05, 4.69) is 15.1 Å². The van der Waals surface area contributed by atoms with Gasteiger partial charge < -0.3 is 11.5 Å². The predicted molar refractivity (Wildman–Crippen MR) is 61.2 cm³/mol. The van der Waals surface area contributed by atoms with Crippen molar-refractivity contribution in [1.82, 2.24) is 19.7 Å². The number of anilines is 1. The highest BCUT2D eigenvalue weighted by atomic mass is 35.5. The van der Waals surface area contributed by atoms with E-state index in [9.17, 15) is 0 Å². The molecule has 0 aliphatic heterocycles. The van der Waals surface area contributed by atoms with Crippen molar-refractivity contribution in [3.8, 4) is 5.82 Å². The molecule has 1 atom stereocenters. The fourth-order valence-electron chi connectivity index (χ4n) is 1.30. The zero-order chi connectivity index (χ0) is 11.7. The summed E-state index contributed by atoms with van der Waals surface area (Å²) in [5.41, 5.74) is 11.3. The SMILES string of the molecule is CC(N)c1nc(N)nn1-c1ccc(Cl)cn1. The van der Waals surface area contributed by atoms with Crippen LogP contribution < -0.4 is 11.5 Å². The van der Waals surface area contributed by atoms with E-state index in [4.69, 9.17) is 23.1 Å². The largest absolute Gasteiger partial charge is 0.366 e. The molecule has 0 bridgehead atoms. The molecular weight excluding hydrogens is 228 g/mol. The van der Waals surface area contributed by atoms with Crippen LogP contribution in [0.4, 0.5) is 5.95 Å². The molecule has 2 rings (SSSR count). The van der Waals surface area contributed by atoms with E-state index in [-0.39, 0.29) is 12.0 Å². The predicted octanol–water partition coefficient (Wildman–Crippen LogP) is 0.918. The Morgan fingerprint density at radius 1 is 1.44 bits per heavy atom. The van der Waals surface area contributed by atoms with Gasteiger partial charge in [0, 0.05) is 6.20 Å². The smallest absolute Gasteiger partial charge is 0.240 e. The number of nitrogens with zero attached hydrogens (tertiary/aromatic N) is 4. The Balaban J connectivity index is 2.50. The van der Waals surface area contributed by atoms with Gasteiger partial charge in [-0.2, -0.15) is 9.67 Å². The van der Waals surface area contributed by atoms with Gasteiger partial charge in [0.15, 0.2) is 11.6 Å². The van der Waals surface area contributed by atoms with Crippen LogP contribution in [0.5, 0.6) is 0 Å². The van der Waals surface area contributed by atoms with Crippen molar-refractivity contribution >= 4 is 17.5 Å². The third-order valence-electron chi connectivity index (χ3n) is 1.98. The molecule has 16 heavy (non-hydrogen) atoms. The van der Waals surface area contributed by atoms with Crippen molar-refractivity contribution in [3.05, 3.63) is 29.2 Å². The highest BCUT2D eigenvalue weighted by molar-refractivity contribution is 6.30. The Morgan fingerprint density at radius 2 is 2.19 bits per heavy atom. The van der Waals surface area contributed by atoms with Crippen molar-refractivity contribution in [1.29, 1.82) is 0 Å². The minimum Gasteiger partial charge on any atom is -0.366 e. The van der Waals surface area contributed by atoms with E-state index >= 15 is 0 Å². The summed E-state index contributed by atoms with van der Waals surface area (Å²) in [5.74, 6) is 1.32. The van der Waals surface area contributed by atoms with Gasteiger partial charge in [-0.1, -0.05) is 11.6 Å². The van der Waals surface area contributed by atoms with Crippen LogP contribution in [0, 0.1) is 0 Å². The fraction of sp³-hybridized carbons (Fsp3) is 0.222. The summed E-state index contributed by atoms with van der Waals surface area (Å²) < 4.78 is 1.51. The average molecular weight is 239 g/mol. The average Bonchev–Trinajstić information content (AvgIpc) is 2.61. The maximum Gasteiger partial charge on any atom is 0.240 e. The first-order valence-electron chi connectivity index (χ1n) is 4.68. The molecule has 6 nitrogen and oxygen atoms in total. The summed E-state index contributed by atoms with van der Waals surface area (Å²) in [6.45, 7) is 1.80. The summed E-state index contributed by atoms with van der Waals surface area (Å²) in [5, 5.41) is 4.58. The summed E-state index contributed by atoms with van der Waals surface area (Å²) in [6, 6.07) is 3.16. The number of pyridine rings is 1. The van der Waals surface area contributed by atoms with Crippen LogP contribution in [0.2, 0.25) is 5.02 Å². The van der Waals surface area contributed by atoms with Gasteiger partial charge in [0.05, 0.1) is 11.1 Å². The molecule has 4 N–H and O–H groups in total. The van der Waals surface area contributed by atoms with Crippen molar-refractivity contribution in [2.75, 3.05) is 5.73 Å². The second-order valence-corrected chi connectivity index (χ2v) is 3.80. The maximum absolute atomic E-state index is 5.76. The molecule has 0 saturated heterocycles. The van der Waals surface area contributed by atoms with E-state index in [1.165, 1.54) is 10.9 Å². The minimum absolute atomic E-state index is 0.170. The van der Waals surface area contributed by atoms with Gasteiger partial charge in [-0.15, -0.1) is 5.10 Å². The molecule has 0 saturated carbocycles. The van der Waals surface area contributed by atoms with Crippen LogP contribution in [0.15, 0.2) is 18.3 Å². The molecule has 0 spiro atoms. The van der Waals surface area contributed by atoms with E-state index in [1.54, 1.807) is 19.1 Å². The summed E-state index contributed by atoms with van der Waals surface area (Å²) in [4.78, 5) is 8.16. The lowest BCUT2D eigenvalue weighted by atomic mass is 10.3. The molecule has 2 heterocycles. The van der Waals surface area contributed by atoms with Crippen molar-refractivity contribution in [3.63, 3.8) is 0 Å². The van der Waals surface area contributed by atoms with Crippen molar-refractivity contribution < 1.29 is 0 Å². The van der Waals surface area contributed by atoms with Crippen LogP contribution in [-0.2, 0) is 0 Å². The Labute approximate surface area is 97.2 Å². The third-order valence-corrected chi connectivity index (χ3v) is 2.21. The highest BCUT2D eigenvalue weighted by Crippen LogP contribution is 2.15. The topological polar surface area (TPSA) is 95.6 Å². The van der Waals surface area contributed by atoms with Crippen LogP contribution in [-0.4, -0.2) is 19.7 Å². The minimum atomic E-state index is -0.276. The molecule has 0 radical (unpaired) electrons. The Bertz CT molecular complexity index is 489. The van der Waals surface area contributed by atoms with Gasteiger partial charge in [0.1, 0.15) is 0 Å². The highest BCUT2D eigenvalue weighted by Gasteiger charge is 2.13. The van der Waals surface area contributed by atoms with E-state index in [0.717, 1.165) is 0 Å². The van der Waals surface area contributed by atoms with Gasteiger partial charge in [-0.3, -0.25) is 0 Å². The number of rotatable bonds is 2. The van der Waals surface area contributed by atoms with Crippen LogP contribution in [0.25, 0.3) is 5.82 Å². The Morgan fingerprint density at radius 3 is 2.75 bits per heavy atom. The molecule has 0 aliphatic rings. The lowest BCUT2D eigenvalue weighted by Crippen LogP contribution is -2.14. The number of hydrogen-bond donors (Lipinski definition) is 2. The monoisotopic (exact) mass is 238 g/mol. The summed E-state index contributed by atoms with van der Waals surface area (Å²) in [6.07, 6.45) is 1.53. The van der Waals surface area contributed by atoms with Gasteiger partial charge in [0.2, 0.25) is 5.95 Å². The van der Waals surface area contributed by atoms with Crippen LogP contribution in [0.1, 0.15) is 18.8 Å². The molecule has 7 heteroatoms. The first kappa shape index (κ1) is 10.8. The van der Waals surface area contributed by atoms with Gasteiger partial charge >= 0.3 is 0 Å². The molecule has 2 aromatic rings. The van der Waals surface area contributed by atoms with E-state index in [0.29, 0.717) is 16.7 Å². The first-order valence-corrected chi connectivity index (χ1v) is 5.05. The van der Waals surface area contributed by atoms with Crippen LogP contribution >= 0.6 is 11.6 Å². The molecule has 1 unspecified atom stereocenters. The maximum atomic E-state index is 5.76. The quantitative estimate of drug-likeness (QED) is 0.811. The standard InChI is InChI=1S/C9H11ClN6/c1-5(11)8-14-9(12)15-16(8)7-3-2-6(10)4-13-7/h2-5H,11H2,1H3,(H2,12,15). The zero-order valence-electron chi connectivity index (χ0n) is 8.63. The third kappa shape index (κ3) is 1.98. The second-order valence-electron chi connectivity index (χ2n) is 3.36. The molecule has 0 aliphatic carbocycles. The molecule has 2 aromatic heterocycles. The summed E-state index contributed by atoms with van der Waals surface area (Å²) >= 11 is 5.75. The van der Waals surface area contributed by atoms with Crippen molar-refractivity contribution in [2.24, 2.45) is 5.73 Å². The number of halogens is 1. The number of aromatic nitrogens is 4. The number of nitrogen functional groups attached to an aromatic ring is 1. The lowest BCUT2D eigenvalue weighted by molar-refractivity contribution is 0.681. The normalized spacial score (nSPS) is 12.7. The lowest BCUT2D eigenvalue weighted by Gasteiger charge is -2.06. The molecular formula is C9H11ClN6. The summed E-state index contributed by atoms with van der Waals surface area (Å²) in [7, 11) is 0. The molecule has 0 amide bonds. The van der Waals surface area contributed by atoms with Crippen LogP contribution in [0.3, 0.4) is 0 Å². The second kappa shape index (κ2) is 4.07. The Kier molecular flexibility index (Phi) is 2.76. The fourth-order valence-corrected chi connectivity index (χ4v) is 1.41. The zero-order valence-corrected chi connectivity index (χ0v) is 9.39. The Hall–Kier alpha value is -1.66. The van der Waals surface area contributed by atoms with Gasteiger partial charge in [0.25, 0.3) is 0 Å². The molecule has 0 fully saturated rings. The van der Waals surface area contributed by atoms with Crippen molar-refractivity contribution in [2.45, 2.75) is 13.0 Å². The van der Waals surface area contributed by atoms with E-state index in [1.807, 2.05) is 0 Å². The molecule has 0 aromatic carbocycles. The van der Waals surface area contributed by atoms with Gasteiger partial charge in [-0.25, -0.2) is 4.98 Å². The number of nitrogens with two attached hydrogens (primary N) is 2. The number of hydrogen-bond acceptors (Lipinski definition) is 5. The first-order chi connectivity index (χ1) is 7.58. The molecule has 84 valence electrons.